The van der Waals surface area contributed by atoms with Gasteiger partial charge in [-0.2, -0.15) is 5.26 Å². The maximum absolute atomic E-state index is 11.9. The molecule has 1 aliphatic heterocycles. The molecule has 1 N–H and O–H groups in total. The van der Waals surface area contributed by atoms with Gasteiger partial charge >= 0.3 is 6.09 Å². The van der Waals surface area contributed by atoms with Crippen LogP contribution in [0.4, 0.5) is 4.79 Å². The molecule has 1 fully saturated rings. The summed E-state index contributed by atoms with van der Waals surface area (Å²) in [4.78, 5) is 13.7. The maximum Gasteiger partial charge on any atom is 0.410 e. The molecule has 0 radical (unpaired) electrons. The Kier molecular flexibility index (Phi) is 6.80. The first-order chi connectivity index (χ1) is 9.42. The van der Waals surface area contributed by atoms with Gasteiger partial charge < -0.3 is 15.0 Å². The number of carbonyl (C=O) groups is 1. The molecule has 0 saturated carbocycles. The van der Waals surface area contributed by atoms with E-state index >= 15 is 0 Å². The van der Waals surface area contributed by atoms with Crippen LogP contribution in [0.2, 0.25) is 0 Å². The molecule has 1 rings (SSSR count). The molecule has 5 heteroatoms. The SMILES string of the molecule is CC(C)(C)OC(=O)N1CCC(CNCCCC#N)CC1. The molecule has 1 heterocycles. The highest BCUT2D eigenvalue weighted by atomic mass is 16.6. The molecule has 0 aromatic heterocycles. The first kappa shape index (κ1) is 16.8. The summed E-state index contributed by atoms with van der Waals surface area (Å²) in [7, 11) is 0. The predicted octanol–water partition coefficient (Wildman–Crippen LogP) is 2.53. The number of rotatable bonds is 5. The van der Waals surface area contributed by atoms with Crippen molar-refractivity contribution in [2.75, 3.05) is 26.2 Å². The summed E-state index contributed by atoms with van der Waals surface area (Å²) in [5, 5.41) is 11.8. The monoisotopic (exact) mass is 281 g/mol. The van der Waals surface area contributed by atoms with E-state index in [0.717, 1.165) is 45.4 Å². The lowest BCUT2D eigenvalue weighted by atomic mass is 9.97. The second kappa shape index (κ2) is 8.11. The van der Waals surface area contributed by atoms with Crippen LogP contribution in [0, 0.1) is 17.2 Å². The van der Waals surface area contributed by atoms with Gasteiger partial charge in [0, 0.05) is 19.5 Å². The Morgan fingerprint density at radius 2 is 2.05 bits per heavy atom. The van der Waals surface area contributed by atoms with E-state index in [9.17, 15) is 4.79 Å². The number of hydrogen-bond acceptors (Lipinski definition) is 4. The largest absolute Gasteiger partial charge is 0.444 e. The number of ether oxygens (including phenoxy) is 1. The van der Waals surface area contributed by atoms with Crippen molar-refractivity contribution in [1.29, 1.82) is 5.26 Å². The van der Waals surface area contributed by atoms with Gasteiger partial charge in [-0.05, 0) is 59.0 Å². The van der Waals surface area contributed by atoms with Crippen molar-refractivity contribution in [3.05, 3.63) is 0 Å². The van der Waals surface area contributed by atoms with E-state index in [4.69, 9.17) is 10.00 Å². The third-order valence-electron chi connectivity index (χ3n) is 3.34. The van der Waals surface area contributed by atoms with E-state index in [1.54, 1.807) is 4.90 Å². The summed E-state index contributed by atoms with van der Waals surface area (Å²) in [6.45, 7) is 9.11. The standard InChI is InChI=1S/C15H27N3O2/c1-15(2,3)20-14(19)18-10-6-13(7-11-18)12-17-9-5-4-8-16/h13,17H,4-7,9-12H2,1-3H3. The fourth-order valence-electron chi connectivity index (χ4n) is 2.24. The van der Waals surface area contributed by atoms with Gasteiger partial charge in [0.1, 0.15) is 5.60 Å². The Morgan fingerprint density at radius 1 is 1.40 bits per heavy atom. The van der Waals surface area contributed by atoms with E-state index in [-0.39, 0.29) is 6.09 Å². The predicted molar refractivity (Wildman–Crippen MR) is 78.2 cm³/mol. The van der Waals surface area contributed by atoms with Crippen LogP contribution >= 0.6 is 0 Å². The summed E-state index contributed by atoms with van der Waals surface area (Å²) in [6.07, 6.45) is 3.37. The van der Waals surface area contributed by atoms with Crippen LogP contribution in [0.15, 0.2) is 0 Å². The van der Waals surface area contributed by atoms with Gasteiger partial charge in [-0.3, -0.25) is 0 Å². The van der Waals surface area contributed by atoms with Crippen LogP contribution in [0.5, 0.6) is 0 Å². The van der Waals surface area contributed by atoms with Crippen LogP contribution in [-0.4, -0.2) is 42.8 Å². The average molecular weight is 281 g/mol. The number of piperidine rings is 1. The Bertz CT molecular complexity index is 336. The number of unbranched alkanes of at least 4 members (excludes halogenated alkanes) is 1. The molecule has 0 spiro atoms. The highest BCUT2D eigenvalue weighted by molar-refractivity contribution is 5.68. The molecule has 0 aromatic rings. The van der Waals surface area contributed by atoms with Gasteiger partial charge in [-0.15, -0.1) is 0 Å². The second-order valence-electron chi connectivity index (χ2n) is 6.38. The first-order valence-electron chi connectivity index (χ1n) is 7.48. The molecule has 1 amide bonds. The number of nitrogens with zero attached hydrogens (tertiary/aromatic N) is 2. The molecule has 1 saturated heterocycles. The van der Waals surface area contributed by atoms with Gasteiger partial charge in [-0.25, -0.2) is 4.79 Å². The number of likely N-dealkylation sites (tertiary alicyclic amines) is 1. The first-order valence-corrected chi connectivity index (χ1v) is 7.48. The minimum absolute atomic E-state index is 0.196. The van der Waals surface area contributed by atoms with Crippen LogP contribution in [0.25, 0.3) is 0 Å². The van der Waals surface area contributed by atoms with Crippen molar-refractivity contribution in [1.82, 2.24) is 10.2 Å². The highest BCUT2D eigenvalue weighted by Gasteiger charge is 2.26. The number of nitriles is 1. The Balaban J connectivity index is 2.17. The zero-order valence-electron chi connectivity index (χ0n) is 12.9. The van der Waals surface area contributed by atoms with Crippen molar-refractivity contribution in [2.45, 2.75) is 52.1 Å². The van der Waals surface area contributed by atoms with Crippen molar-refractivity contribution in [3.8, 4) is 6.07 Å². The van der Waals surface area contributed by atoms with E-state index in [1.807, 2.05) is 20.8 Å². The molecule has 0 bridgehead atoms. The fraction of sp³-hybridized carbons (Fsp3) is 0.867. The minimum Gasteiger partial charge on any atom is -0.444 e. The van der Waals surface area contributed by atoms with Gasteiger partial charge in [0.2, 0.25) is 0 Å². The number of nitrogens with one attached hydrogen (secondary N) is 1. The molecular weight excluding hydrogens is 254 g/mol. The second-order valence-corrected chi connectivity index (χ2v) is 6.38. The molecule has 0 unspecified atom stereocenters. The van der Waals surface area contributed by atoms with Gasteiger partial charge in [0.25, 0.3) is 0 Å². The lowest BCUT2D eigenvalue weighted by Gasteiger charge is -2.33. The van der Waals surface area contributed by atoms with Crippen LogP contribution in [0.1, 0.15) is 46.5 Å². The summed E-state index contributed by atoms with van der Waals surface area (Å²) in [6, 6.07) is 2.14. The molecule has 0 aromatic carbocycles. The Morgan fingerprint density at radius 3 is 2.60 bits per heavy atom. The highest BCUT2D eigenvalue weighted by Crippen LogP contribution is 2.19. The van der Waals surface area contributed by atoms with E-state index in [2.05, 4.69) is 11.4 Å². The Labute approximate surface area is 122 Å². The van der Waals surface area contributed by atoms with Crippen LogP contribution < -0.4 is 5.32 Å². The number of carbonyl (C=O) groups excluding carboxylic acids is 1. The number of hydrogen-bond donors (Lipinski definition) is 1. The minimum atomic E-state index is -0.420. The van der Waals surface area contributed by atoms with Gasteiger partial charge in [-0.1, -0.05) is 0 Å². The summed E-state index contributed by atoms with van der Waals surface area (Å²) >= 11 is 0. The summed E-state index contributed by atoms with van der Waals surface area (Å²) in [5.41, 5.74) is -0.420. The molecular formula is C15H27N3O2. The van der Waals surface area contributed by atoms with Gasteiger partial charge in [0.15, 0.2) is 0 Å². The normalized spacial score (nSPS) is 16.8. The van der Waals surface area contributed by atoms with E-state index < -0.39 is 5.60 Å². The van der Waals surface area contributed by atoms with Crippen molar-refractivity contribution in [2.24, 2.45) is 5.92 Å². The third-order valence-corrected chi connectivity index (χ3v) is 3.34. The molecule has 0 aliphatic carbocycles. The third kappa shape index (κ3) is 6.76. The van der Waals surface area contributed by atoms with Crippen LogP contribution in [0.3, 0.4) is 0 Å². The molecule has 114 valence electrons. The molecule has 5 nitrogen and oxygen atoms in total. The zero-order chi connectivity index (χ0) is 15.0. The average Bonchev–Trinajstić information content (AvgIpc) is 2.37. The van der Waals surface area contributed by atoms with Crippen molar-refractivity contribution >= 4 is 6.09 Å². The maximum atomic E-state index is 11.9. The van der Waals surface area contributed by atoms with E-state index in [1.165, 1.54) is 0 Å². The van der Waals surface area contributed by atoms with Crippen LogP contribution in [-0.2, 0) is 4.74 Å². The van der Waals surface area contributed by atoms with Crippen molar-refractivity contribution < 1.29 is 9.53 Å². The molecule has 1 aliphatic rings. The summed E-state index contributed by atoms with van der Waals surface area (Å²) < 4.78 is 5.38. The summed E-state index contributed by atoms with van der Waals surface area (Å²) in [5.74, 6) is 0.621. The van der Waals surface area contributed by atoms with Gasteiger partial charge in [0.05, 0.1) is 6.07 Å². The lowest BCUT2D eigenvalue weighted by Crippen LogP contribution is -2.43. The topological polar surface area (TPSA) is 65.4 Å². The zero-order valence-corrected chi connectivity index (χ0v) is 12.9. The van der Waals surface area contributed by atoms with Crippen molar-refractivity contribution in [3.63, 3.8) is 0 Å². The molecule has 20 heavy (non-hydrogen) atoms. The lowest BCUT2D eigenvalue weighted by molar-refractivity contribution is 0.0184. The quantitative estimate of drug-likeness (QED) is 0.786. The molecule has 0 atom stereocenters. The number of amides is 1. The van der Waals surface area contributed by atoms with E-state index in [0.29, 0.717) is 12.3 Å². The fourth-order valence-corrected chi connectivity index (χ4v) is 2.24. The Hall–Kier alpha value is -1.28. The smallest absolute Gasteiger partial charge is 0.410 e.